The maximum Gasteiger partial charge on any atom is 0.0499 e. The van der Waals surface area contributed by atoms with Crippen LogP contribution in [0, 0.1) is 23.2 Å². The topological polar surface area (TPSA) is 9.23 Å². The highest BCUT2D eigenvalue weighted by molar-refractivity contribution is 5.03. The normalized spacial score (nSPS) is 48.7. The van der Waals surface area contributed by atoms with E-state index in [1.165, 1.54) is 19.3 Å². The second kappa shape index (κ2) is 3.27. The smallest absolute Gasteiger partial charge is 0.0499 e. The van der Waals surface area contributed by atoms with E-state index in [-0.39, 0.29) is 0 Å². The molecule has 2 rings (SSSR count). The van der Waals surface area contributed by atoms with Crippen molar-refractivity contribution in [3.05, 3.63) is 0 Å². The van der Waals surface area contributed by atoms with Crippen molar-refractivity contribution in [1.29, 1.82) is 0 Å². The van der Waals surface area contributed by atoms with E-state index in [0.717, 1.165) is 31.0 Å². The SMILES string of the molecule is CCOCC1CC2CCC1(C)C2C. The first-order valence-electron chi connectivity index (χ1n) is 5.76. The summed E-state index contributed by atoms with van der Waals surface area (Å²) in [5, 5.41) is 0. The molecule has 2 saturated carbocycles. The molecule has 1 nitrogen and oxygen atoms in total. The Balaban J connectivity index is 2.00. The van der Waals surface area contributed by atoms with Crippen molar-refractivity contribution in [2.24, 2.45) is 23.2 Å². The zero-order valence-electron chi connectivity index (χ0n) is 9.18. The van der Waals surface area contributed by atoms with E-state index >= 15 is 0 Å². The van der Waals surface area contributed by atoms with Gasteiger partial charge in [-0.3, -0.25) is 0 Å². The minimum absolute atomic E-state index is 0.611. The van der Waals surface area contributed by atoms with Crippen LogP contribution in [0.25, 0.3) is 0 Å². The molecule has 0 aromatic rings. The number of ether oxygens (including phenoxy) is 1. The van der Waals surface area contributed by atoms with Gasteiger partial charge in [-0.1, -0.05) is 13.8 Å². The van der Waals surface area contributed by atoms with Crippen LogP contribution in [-0.4, -0.2) is 13.2 Å². The van der Waals surface area contributed by atoms with Crippen LogP contribution in [-0.2, 0) is 4.74 Å². The summed E-state index contributed by atoms with van der Waals surface area (Å²) < 4.78 is 5.58. The number of fused-ring (bicyclic) bond motifs is 2. The van der Waals surface area contributed by atoms with Crippen molar-refractivity contribution >= 4 is 0 Å². The van der Waals surface area contributed by atoms with E-state index in [9.17, 15) is 0 Å². The fourth-order valence-corrected chi connectivity index (χ4v) is 3.56. The van der Waals surface area contributed by atoms with Crippen molar-refractivity contribution in [1.82, 2.24) is 0 Å². The fourth-order valence-electron chi connectivity index (χ4n) is 3.56. The zero-order chi connectivity index (χ0) is 9.47. The minimum atomic E-state index is 0.611. The van der Waals surface area contributed by atoms with Gasteiger partial charge < -0.3 is 4.74 Å². The maximum atomic E-state index is 5.58. The van der Waals surface area contributed by atoms with E-state index in [1.807, 2.05) is 0 Å². The summed E-state index contributed by atoms with van der Waals surface area (Å²) in [7, 11) is 0. The largest absolute Gasteiger partial charge is 0.381 e. The Labute approximate surface area is 81.9 Å². The van der Waals surface area contributed by atoms with Crippen LogP contribution >= 0.6 is 0 Å². The number of hydrogen-bond acceptors (Lipinski definition) is 1. The molecule has 2 aliphatic rings. The molecule has 2 bridgehead atoms. The molecule has 2 aliphatic carbocycles. The lowest BCUT2D eigenvalue weighted by Crippen LogP contribution is -2.28. The van der Waals surface area contributed by atoms with E-state index in [1.54, 1.807) is 0 Å². The standard InChI is InChI=1S/C12H22O/c1-4-13-8-11-7-10-5-6-12(11,3)9(10)2/h9-11H,4-8H2,1-3H3. The van der Waals surface area contributed by atoms with Crippen molar-refractivity contribution in [2.75, 3.05) is 13.2 Å². The van der Waals surface area contributed by atoms with Crippen molar-refractivity contribution in [3.8, 4) is 0 Å². The molecule has 0 amide bonds. The first kappa shape index (κ1) is 9.51. The van der Waals surface area contributed by atoms with Crippen LogP contribution in [0.2, 0.25) is 0 Å². The molecule has 2 fully saturated rings. The summed E-state index contributed by atoms with van der Waals surface area (Å²) in [6, 6.07) is 0. The molecule has 0 N–H and O–H groups in total. The van der Waals surface area contributed by atoms with Crippen LogP contribution in [0.1, 0.15) is 40.0 Å². The van der Waals surface area contributed by atoms with Crippen LogP contribution < -0.4 is 0 Å². The first-order valence-corrected chi connectivity index (χ1v) is 5.76. The fraction of sp³-hybridized carbons (Fsp3) is 1.00. The highest BCUT2D eigenvalue weighted by atomic mass is 16.5. The summed E-state index contributed by atoms with van der Waals surface area (Å²) in [4.78, 5) is 0. The van der Waals surface area contributed by atoms with Gasteiger partial charge in [0.2, 0.25) is 0 Å². The molecule has 0 heterocycles. The third kappa shape index (κ3) is 1.32. The van der Waals surface area contributed by atoms with Gasteiger partial charge in [0.25, 0.3) is 0 Å². The Morgan fingerprint density at radius 1 is 1.46 bits per heavy atom. The molecule has 0 radical (unpaired) electrons. The molecule has 1 heteroatoms. The van der Waals surface area contributed by atoms with Crippen LogP contribution in [0.4, 0.5) is 0 Å². The predicted octanol–water partition coefficient (Wildman–Crippen LogP) is 3.10. The zero-order valence-corrected chi connectivity index (χ0v) is 9.18. The Morgan fingerprint density at radius 3 is 2.69 bits per heavy atom. The molecule has 4 unspecified atom stereocenters. The van der Waals surface area contributed by atoms with Gasteiger partial charge in [0, 0.05) is 13.2 Å². The van der Waals surface area contributed by atoms with Crippen molar-refractivity contribution < 1.29 is 4.74 Å². The van der Waals surface area contributed by atoms with Crippen LogP contribution in [0.3, 0.4) is 0 Å². The quantitative estimate of drug-likeness (QED) is 0.651. The summed E-state index contributed by atoms with van der Waals surface area (Å²) in [6.07, 6.45) is 4.34. The van der Waals surface area contributed by atoms with E-state index in [0.29, 0.717) is 5.41 Å². The lowest BCUT2D eigenvalue weighted by molar-refractivity contribution is 0.0479. The van der Waals surface area contributed by atoms with Gasteiger partial charge in [0.15, 0.2) is 0 Å². The Morgan fingerprint density at radius 2 is 2.23 bits per heavy atom. The molecule has 0 aromatic carbocycles. The Bertz CT molecular complexity index is 190. The first-order chi connectivity index (χ1) is 6.18. The number of hydrogen-bond donors (Lipinski definition) is 0. The average Bonchev–Trinajstić information content (AvgIpc) is 2.52. The Hall–Kier alpha value is -0.0400. The average molecular weight is 182 g/mol. The van der Waals surface area contributed by atoms with Crippen molar-refractivity contribution in [3.63, 3.8) is 0 Å². The lowest BCUT2D eigenvalue weighted by atomic mass is 9.74. The highest BCUT2D eigenvalue weighted by Crippen LogP contribution is 2.60. The van der Waals surface area contributed by atoms with Crippen LogP contribution in [0.5, 0.6) is 0 Å². The molecule has 0 saturated heterocycles. The van der Waals surface area contributed by atoms with Crippen LogP contribution in [0.15, 0.2) is 0 Å². The second-order valence-electron chi connectivity index (χ2n) is 5.19. The minimum Gasteiger partial charge on any atom is -0.381 e. The maximum absolute atomic E-state index is 5.58. The monoisotopic (exact) mass is 182 g/mol. The number of rotatable bonds is 3. The van der Waals surface area contributed by atoms with Gasteiger partial charge in [-0.05, 0) is 49.4 Å². The third-order valence-corrected chi connectivity index (χ3v) is 4.84. The molecule has 13 heavy (non-hydrogen) atoms. The van der Waals surface area contributed by atoms with Gasteiger partial charge in [-0.2, -0.15) is 0 Å². The van der Waals surface area contributed by atoms with E-state index in [4.69, 9.17) is 4.74 Å². The summed E-state index contributed by atoms with van der Waals surface area (Å²) in [5.41, 5.74) is 0.611. The van der Waals surface area contributed by atoms with Gasteiger partial charge in [-0.15, -0.1) is 0 Å². The van der Waals surface area contributed by atoms with E-state index in [2.05, 4.69) is 20.8 Å². The second-order valence-corrected chi connectivity index (χ2v) is 5.19. The molecular formula is C12H22O. The third-order valence-electron chi connectivity index (χ3n) is 4.84. The summed E-state index contributed by atoms with van der Waals surface area (Å²) in [5.74, 6) is 2.80. The van der Waals surface area contributed by atoms with E-state index < -0.39 is 0 Å². The Kier molecular flexibility index (Phi) is 2.39. The predicted molar refractivity (Wildman–Crippen MR) is 54.6 cm³/mol. The molecule has 0 aromatic heterocycles. The summed E-state index contributed by atoms with van der Waals surface area (Å²) in [6.45, 7) is 8.91. The highest BCUT2D eigenvalue weighted by Gasteiger charge is 2.53. The molecule has 4 atom stereocenters. The van der Waals surface area contributed by atoms with Gasteiger partial charge in [-0.25, -0.2) is 0 Å². The molecule has 0 spiro atoms. The van der Waals surface area contributed by atoms with Gasteiger partial charge in [0.1, 0.15) is 0 Å². The molecule has 76 valence electrons. The van der Waals surface area contributed by atoms with Gasteiger partial charge in [0.05, 0.1) is 0 Å². The molecular weight excluding hydrogens is 160 g/mol. The van der Waals surface area contributed by atoms with Crippen molar-refractivity contribution in [2.45, 2.75) is 40.0 Å². The molecule has 0 aliphatic heterocycles. The van der Waals surface area contributed by atoms with Gasteiger partial charge >= 0.3 is 0 Å². The lowest BCUT2D eigenvalue weighted by Gasteiger charge is -2.33. The summed E-state index contributed by atoms with van der Waals surface area (Å²) >= 11 is 0.